The standard InChI is InChI=1S/C13H17BrFNO3S/c1-4-20(18,19)8-9(2)16(3)13(17)11-7-10(14)5-6-12(11)15/h5-7,9H,4,8H2,1-3H3. The van der Waals surface area contributed by atoms with Gasteiger partial charge in [0.1, 0.15) is 5.82 Å². The van der Waals surface area contributed by atoms with E-state index in [-0.39, 0.29) is 17.1 Å². The molecule has 0 bridgehead atoms. The second kappa shape index (κ2) is 6.67. The van der Waals surface area contributed by atoms with Crippen LogP contribution in [0.4, 0.5) is 4.39 Å². The summed E-state index contributed by atoms with van der Waals surface area (Å²) in [5, 5.41) is 0. The molecule has 20 heavy (non-hydrogen) atoms. The van der Waals surface area contributed by atoms with Gasteiger partial charge in [0.15, 0.2) is 9.84 Å². The number of sulfone groups is 1. The minimum Gasteiger partial charge on any atom is -0.338 e. The predicted molar refractivity (Wildman–Crippen MR) is 80.0 cm³/mol. The highest BCUT2D eigenvalue weighted by molar-refractivity contribution is 9.10. The molecule has 0 aromatic heterocycles. The molecule has 0 saturated heterocycles. The molecule has 1 unspecified atom stereocenters. The molecule has 0 N–H and O–H groups in total. The van der Waals surface area contributed by atoms with Crippen LogP contribution in [-0.2, 0) is 9.84 Å². The zero-order chi connectivity index (χ0) is 15.5. The van der Waals surface area contributed by atoms with Crippen molar-refractivity contribution in [2.45, 2.75) is 19.9 Å². The molecular formula is C13H17BrFNO3S. The van der Waals surface area contributed by atoms with Crippen LogP contribution < -0.4 is 0 Å². The second-order valence-electron chi connectivity index (χ2n) is 4.59. The van der Waals surface area contributed by atoms with Crippen molar-refractivity contribution in [1.82, 2.24) is 4.90 Å². The van der Waals surface area contributed by atoms with Gasteiger partial charge >= 0.3 is 0 Å². The smallest absolute Gasteiger partial charge is 0.256 e. The summed E-state index contributed by atoms with van der Waals surface area (Å²) in [5.41, 5.74) is -0.0809. The van der Waals surface area contributed by atoms with Gasteiger partial charge in [-0.2, -0.15) is 0 Å². The van der Waals surface area contributed by atoms with E-state index in [1.54, 1.807) is 13.8 Å². The van der Waals surface area contributed by atoms with Crippen molar-refractivity contribution in [1.29, 1.82) is 0 Å². The molecule has 7 heteroatoms. The monoisotopic (exact) mass is 365 g/mol. The van der Waals surface area contributed by atoms with Crippen molar-refractivity contribution in [3.8, 4) is 0 Å². The van der Waals surface area contributed by atoms with Gasteiger partial charge in [-0.1, -0.05) is 22.9 Å². The van der Waals surface area contributed by atoms with Gasteiger partial charge < -0.3 is 4.90 Å². The number of carbonyl (C=O) groups excluding carboxylic acids is 1. The van der Waals surface area contributed by atoms with Crippen LogP contribution in [0.3, 0.4) is 0 Å². The molecule has 112 valence electrons. The van der Waals surface area contributed by atoms with Crippen molar-refractivity contribution >= 4 is 31.7 Å². The third-order valence-corrected chi connectivity index (χ3v) is 5.44. The van der Waals surface area contributed by atoms with Crippen molar-refractivity contribution in [3.05, 3.63) is 34.1 Å². The Bertz CT molecular complexity index is 604. The summed E-state index contributed by atoms with van der Waals surface area (Å²) in [6, 6.07) is 3.55. The lowest BCUT2D eigenvalue weighted by Crippen LogP contribution is -2.40. The maximum Gasteiger partial charge on any atom is 0.256 e. The fourth-order valence-corrected chi connectivity index (χ4v) is 3.20. The van der Waals surface area contributed by atoms with Crippen LogP contribution in [0.15, 0.2) is 22.7 Å². The third-order valence-electron chi connectivity index (χ3n) is 3.08. The van der Waals surface area contributed by atoms with Crippen molar-refractivity contribution in [2.24, 2.45) is 0 Å². The first-order chi connectivity index (χ1) is 9.18. The molecule has 0 radical (unpaired) electrons. The predicted octanol–water partition coefficient (Wildman–Crippen LogP) is 2.48. The summed E-state index contributed by atoms with van der Waals surface area (Å²) in [6.45, 7) is 3.18. The van der Waals surface area contributed by atoms with Gasteiger partial charge in [-0.3, -0.25) is 4.79 Å². The van der Waals surface area contributed by atoms with Gasteiger partial charge in [-0.05, 0) is 25.1 Å². The van der Waals surface area contributed by atoms with Crippen molar-refractivity contribution in [3.63, 3.8) is 0 Å². The molecule has 1 aromatic rings. The molecule has 1 rings (SSSR count). The van der Waals surface area contributed by atoms with E-state index >= 15 is 0 Å². The molecule has 0 spiro atoms. The lowest BCUT2D eigenvalue weighted by Gasteiger charge is -2.25. The Hall–Kier alpha value is -0.950. The zero-order valence-corrected chi connectivity index (χ0v) is 14.0. The molecule has 4 nitrogen and oxygen atoms in total. The van der Waals surface area contributed by atoms with Crippen LogP contribution in [0.5, 0.6) is 0 Å². The first kappa shape index (κ1) is 17.1. The molecule has 0 heterocycles. The number of nitrogens with zero attached hydrogens (tertiary/aromatic N) is 1. The average Bonchev–Trinajstić information content (AvgIpc) is 2.39. The van der Waals surface area contributed by atoms with Gasteiger partial charge in [-0.15, -0.1) is 0 Å². The number of amides is 1. The summed E-state index contributed by atoms with van der Waals surface area (Å²) in [7, 11) is -1.72. The normalized spacial score (nSPS) is 13.1. The van der Waals surface area contributed by atoms with Gasteiger partial charge in [0.25, 0.3) is 5.91 Å². The Kier molecular flexibility index (Phi) is 5.70. The van der Waals surface area contributed by atoms with Crippen LogP contribution in [0.25, 0.3) is 0 Å². The minimum absolute atomic E-state index is 0.0185. The van der Waals surface area contributed by atoms with Crippen LogP contribution in [0.1, 0.15) is 24.2 Å². The summed E-state index contributed by atoms with van der Waals surface area (Å²) in [6.07, 6.45) is 0. The van der Waals surface area contributed by atoms with E-state index in [9.17, 15) is 17.6 Å². The minimum atomic E-state index is -3.19. The largest absolute Gasteiger partial charge is 0.338 e. The SMILES string of the molecule is CCS(=O)(=O)CC(C)N(C)C(=O)c1cc(Br)ccc1F. The lowest BCUT2D eigenvalue weighted by atomic mass is 10.1. The Labute approximate surface area is 127 Å². The summed E-state index contributed by atoms with van der Waals surface area (Å²) >= 11 is 3.18. The highest BCUT2D eigenvalue weighted by Gasteiger charge is 2.24. The van der Waals surface area contributed by atoms with E-state index in [2.05, 4.69) is 15.9 Å². The molecule has 1 aromatic carbocycles. The van der Waals surface area contributed by atoms with Gasteiger partial charge in [-0.25, -0.2) is 12.8 Å². The Morgan fingerprint density at radius 3 is 2.60 bits per heavy atom. The second-order valence-corrected chi connectivity index (χ2v) is 7.90. The highest BCUT2D eigenvalue weighted by Crippen LogP contribution is 2.18. The molecule has 0 saturated carbocycles. The first-order valence-corrected chi connectivity index (χ1v) is 8.72. The molecule has 1 amide bonds. The summed E-state index contributed by atoms with van der Waals surface area (Å²) < 4.78 is 37.4. The number of rotatable bonds is 5. The average molecular weight is 366 g/mol. The fraction of sp³-hybridized carbons (Fsp3) is 0.462. The maximum absolute atomic E-state index is 13.7. The molecule has 0 aliphatic rings. The van der Waals surface area contributed by atoms with E-state index < -0.39 is 27.6 Å². The van der Waals surface area contributed by atoms with Crippen LogP contribution in [0, 0.1) is 5.82 Å². The van der Waals surface area contributed by atoms with Gasteiger partial charge in [0.2, 0.25) is 0 Å². The molecule has 0 aliphatic heterocycles. The summed E-state index contributed by atoms with van der Waals surface area (Å²) in [4.78, 5) is 13.5. The topological polar surface area (TPSA) is 54.5 Å². The molecule has 0 fully saturated rings. The Morgan fingerprint density at radius 2 is 2.05 bits per heavy atom. The maximum atomic E-state index is 13.7. The van der Waals surface area contributed by atoms with E-state index in [1.165, 1.54) is 30.1 Å². The van der Waals surface area contributed by atoms with Crippen LogP contribution in [0.2, 0.25) is 0 Å². The Balaban J connectivity index is 2.94. The number of hydrogen-bond donors (Lipinski definition) is 0. The van der Waals surface area contributed by atoms with E-state index in [1.807, 2.05) is 0 Å². The fourth-order valence-electron chi connectivity index (χ4n) is 1.65. The molecular weight excluding hydrogens is 349 g/mol. The number of benzene rings is 1. The van der Waals surface area contributed by atoms with E-state index in [0.29, 0.717) is 4.47 Å². The highest BCUT2D eigenvalue weighted by atomic mass is 79.9. The Morgan fingerprint density at radius 1 is 1.45 bits per heavy atom. The quantitative estimate of drug-likeness (QED) is 0.805. The molecule has 0 aliphatic carbocycles. The van der Waals surface area contributed by atoms with E-state index in [0.717, 1.165) is 0 Å². The van der Waals surface area contributed by atoms with Crippen molar-refractivity contribution < 1.29 is 17.6 Å². The van der Waals surface area contributed by atoms with E-state index in [4.69, 9.17) is 0 Å². The van der Waals surface area contributed by atoms with Crippen LogP contribution >= 0.6 is 15.9 Å². The number of carbonyl (C=O) groups is 1. The van der Waals surface area contributed by atoms with Gasteiger partial charge in [0, 0.05) is 23.3 Å². The number of halogens is 2. The zero-order valence-electron chi connectivity index (χ0n) is 11.6. The van der Waals surface area contributed by atoms with Crippen LogP contribution in [-0.4, -0.2) is 43.8 Å². The van der Waals surface area contributed by atoms with Crippen molar-refractivity contribution in [2.75, 3.05) is 18.6 Å². The lowest BCUT2D eigenvalue weighted by molar-refractivity contribution is 0.0752. The number of hydrogen-bond acceptors (Lipinski definition) is 3. The first-order valence-electron chi connectivity index (χ1n) is 6.10. The molecule has 1 atom stereocenters. The summed E-state index contributed by atoms with van der Waals surface area (Å²) in [5.74, 6) is -1.29. The van der Waals surface area contributed by atoms with Gasteiger partial charge in [0.05, 0.1) is 11.3 Å². The third kappa shape index (κ3) is 4.28.